The minimum Gasteiger partial charge on any atom is -0.392 e. The number of aliphatic hydroxyl groups excluding tert-OH is 1. The van der Waals surface area contributed by atoms with E-state index in [-0.39, 0.29) is 6.10 Å². The lowest BCUT2D eigenvalue weighted by atomic mass is 9.50. The SMILES string of the molecule is C#CCC(O)C1C2CC3CC(C2)CC1C3. The highest BCUT2D eigenvalue weighted by Gasteiger charge is 2.49. The van der Waals surface area contributed by atoms with Crippen molar-refractivity contribution in [2.45, 2.75) is 44.6 Å². The van der Waals surface area contributed by atoms with E-state index in [1.54, 1.807) is 0 Å². The summed E-state index contributed by atoms with van der Waals surface area (Å²) in [6, 6.07) is 0. The van der Waals surface area contributed by atoms with Crippen LogP contribution in [-0.4, -0.2) is 11.2 Å². The lowest BCUT2D eigenvalue weighted by Crippen LogP contribution is -2.49. The molecule has 0 aliphatic heterocycles. The van der Waals surface area contributed by atoms with Gasteiger partial charge in [0.25, 0.3) is 0 Å². The Kier molecular flexibility index (Phi) is 2.29. The van der Waals surface area contributed by atoms with Gasteiger partial charge in [0.15, 0.2) is 0 Å². The largest absolute Gasteiger partial charge is 0.392 e. The number of rotatable bonds is 2. The number of terminal acetylenes is 1. The molecule has 0 radical (unpaired) electrons. The summed E-state index contributed by atoms with van der Waals surface area (Å²) in [5.41, 5.74) is 0. The summed E-state index contributed by atoms with van der Waals surface area (Å²) in [5.74, 6) is 6.73. The van der Waals surface area contributed by atoms with Gasteiger partial charge >= 0.3 is 0 Å². The third kappa shape index (κ3) is 1.51. The second-order valence-corrected chi connectivity index (χ2v) is 5.98. The van der Waals surface area contributed by atoms with Gasteiger partial charge in [-0.25, -0.2) is 0 Å². The molecule has 4 fully saturated rings. The maximum atomic E-state index is 10.1. The van der Waals surface area contributed by atoms with E-state index >= 15 is 0 Å². The number of aliphatic hydroxyl groups is 1. The predicted octanol–water partition coefficient (Wildman–Crippen LogP) is 2.44. The van der Waals surface area contributed by atoms with E-state index in [0.29, 0.717) is 12.3 Å². The lowest BCUT2D eigenvalue weighted by Gasteiger charge is -2.55. The van der Waals surface area contributed by atoms with Crippen LogP contribution >= 0.6 is 0 Å². The lowest BCUT2D eigenvalue weighted by molar-refractivity contribution is -0.0875. The summed E-state index contributed by atoms with van der Waals surface area (Å²) in [4.78, 5) is 0. The van der Waals surface area contributed by atoms with Gasteiger partial charge in [0.1, 0.15) is 0 Å². The highest BCUT2D eigenvalue weighted by Crippen LogP contribution is 2.57. The van der Waals surface area contributed by atoms with Crippen molar-refractivity contribution in [1.29, 1.82) is 0 Å². The first-order valence-electron chi connectivity index (χ1n) is 6.39. The number of hydrogen-bond acceptors (Lipinski definition) is 1. The number of hydrogen-bond donors (Lipinski definition) is 1. The van der Waals surface area contributed by atoms with E-state index in [9.17, 15) is 5.11 Å². The molecule has 1 N–H and O–H groups in total. The first kappa shape index (κ1) is 9.73. The monoisotopic (exact) mass is 204 g/mol. The summed E-state index contributed by atoms with van der Waals surface area (Å²) in [5, 5.41) is 10.1. The van der Waals surface area contributed by atoms with Crippen molar-refractivity contribution in [2.24, 2.45) is 29.6 Å². The van der Waals surface area contributed by atoms with Gasteiger partial charge < -0.3 is 5.11 Å². The van der Waals surface area contributed by atoms with Crippen LogP contribution < -0.4 is 0 Å². The van der Waals surface area contributed by atoms with Gasteiger partial charge in [-0.15, -0.1) is 12.3 Å². The van der Waals surface area contributed by atoms with Crippen molar-refractivity contribution in [3.8, 4) is 12.3 Å². The first-order valence-corrected chi connectivity index (χ1v) is 6.39. The van der Waals surface area contributed by atoms with E-state index in [2.05, 4.69) is 5.92 Å². The zero-order valence-corrected chi connectivity index (χ0v) is 9.23. The molecule has 4 rings (SSSR count). The molecule has 0 aromatic carbocycles. The highest BCUT2D eigenvalue weighted by atomic mass is 16.3. The molecular weight excluding hydrogens is 184 g/mol. The van der Waals surface area contributed by atoms with Crippen LogP contribution in [0, 0.1) is 41.9 Å². The summed E-state index contributed by atoms with van der Waals surface area (Å²) < 4.78 is 0. The predicted molar refractivity (Wildman–Crippen MR) is 60.0 cm³/mol. The molecule has 82 valence electrons. The van der Waals surface area contributed by atoms with Crippen molar-refractivity contribution in [3.05, 3.63) is 0 Å². The second-order valence-electron chi connectivity index (χ2n) is 5.98. The molecule has 15 heavy (non-hydrogen) atoms. The molecule has 4 aliphatic carbocycles. The molecule has 0 spiro atoms. The topological polar surface area (TPSA) is 20.2 Å². The van der Waals surface area contributed by atoms with Crippen LogP contribution in [0.5, 0.6) is 0 Å². The average Bonchev–Trinajstić information content (AvgIpc) is 2.15. The Labute approximate surface area is 92.3 Å². The molecule has 0 aromatic rings. The van der Waals surface area contributed by atoms with Gasteiger partial charge in [-0.1, -0.05) is 0 Å². The Bertz CT molecular complexity index is 260. The summed E-state index contributed by atoms with van der Waals surface area (Å²) >= 11 is 0. The van der Waals surface area contributed by atoms with Gasteiger partial charge in [0.2, 0.25) is 0 Å². The molecule has 0 heterocycles. The molecule has 0 saturated heterocycles. The minimum absolute atomic E-state index is 0.218. The third-order valence-electron chi connectivity index (χ3n) is 5.07. The van der Waals surface area contributed by atoms with Crippen LogP contribution in [0.25, 0.3) is 0 Å². The Morgan fingerprint density at radius 3 is 2.07 bits per heavy atom. The first-order chi connectivity index (χ1) is 7.28. The van der Waals surface area contributed by atoms with Crippen LogP contribution in [0.3, 0.4) is 0 Å². The van der Waals surface area contributed by atoms with Gasteiger partial charge in [-0.3, -0.25) is 0 Å². The fourth-order valence-corrected chi connectivity index (χ4v) is 4.85. The Morgan fingerprint density at radius 1 is 1.07 bits per heavy atom. The maximum Gasteiger partial charge on any atom is 0.0682 e. The van der Waals surface area contributed by atoms with Gasteiger partial charge in [0.05, 0.1) is 6.10 Å². The third-order valence-corrected chi connectivity index (χ3v) is 5.07. The van der Waals surface area contributed by atoms with Crippen molar-refractivity contribution in [1.82, 2.24) is 0 Å². The fourth-order valence-electron chi connectivity index (χ4n) is 4.85. The Hall–Kier alpha value is -0.480. The van der Waals surface area contributed by atoms with Crippen LogP contribution in [-0.2, 0) is 0 Å². The summed E-state index contributed by atoms with van der Waals surface area (Å²) in [6.45, 7) is 0. The molecule has 4 bridgehead atoms. The van der Waals surface area contributed by atoms with Crippen molar-refractivity contribution < 1.29 is 5.11 Å². The average molecular weight is 204 g/mol. The standard InChI is InChI=1S/C14H20O/c1-2-3-13(15)14-11-5-9-4-10(7-11)8-12(14)6-9/h1,9-15H,3-8H2. The molecule has 4 saturated carbocycles. The van der Waals surface area contributed by atoms with Crippen molar-refractivity contribution in [2.75, 3.05) is 0 Å². The van der Waals surface area contributed by atoms with Gasteiger partial charge in [0, 0.05) is 6.42 Å². The summed E-state index contributed by atoms with van der Waals surface area (Å²) in [6.07, 6.45) is 12.6. The smallest absolute Gasteiger partial charge is 0.0682 e. The zero-order valence-electron chi connectivity index (χ0n) is 9.23. The van der Waals surface area contributed by atoms with Crippen LogP contribution in [0.15, 0.2) is 0 Å². The van der Waals surface area contributed by atoms with Gasteiger partial charge in [-0.05, 0) is 61.7 Å². The molecule has 1 nitrogen and oxygen atoms in total. The Morgan fingerprint density at radius 2 is 1.60 bits per heavy atom. The molecule has 0 amide bonds. The molecule has 4 aliphatic rings. The van der Waals surface area contributed by atoms with Crippen LogP contribution in [0.1, 0.15) is 38.5 Å². The zero-order chi connectivity index (χ0) is 10.4. The molecule has 1 atom stereocenters. The van der Waals surface area contributed by atoms with Crippen molar-refractivity contribution in [3.63, 3.8) is 0 Å². The fraction of sp³-hybridized carbons (Fsp3) is 0.857. The Balaban J connectivity index is 1.77. The maximum absolute atomic E-state index is 10.1. The molecule has 1 heteroatoms. The highest BCUT2D eigenvalue weighted by molar-refractivity contribution is 5.02. The quantitative estimate of drug-likeness (QED) is 0.685. The van der Waals surface area contributed by atoms with E-state index < -0.39 is 0 Å². The van der Waals surface area contributed by atoms with E-state index in [1.807, 2.05) is 0 Å². The van der Waals surface area contributed by atoms with E-state index in [1.165, 1.54) is 32.1 Å². The molecular formula is C14H20O. The normalized spacial score (nSPS) is 48.9. The van der Waals surface area contributed by atoms with Gasteiger partial charge in [-0.2, -0.15) is 0 Å². The minimum atomic E-state index is -0.218. The second kappa shape index (κ2) is 3.52. The van der Waals surface area contributed by atoms with E-state index in [4.69, 9.17) is 6.42 Å². The molecule has 1 unspecified atom stereocenters. The molecule has 0 aromatic heterocycles. The van der Waals surface area contributed by atoms with Crippen LogP contribution in [0.4, 0.5) is 0 Å². The summed E-state index contributed by atoms with van der Waals surface area (Å²) in [7, 11) is 0. The van der Waals surface area contributed by atoms with E-state index in [0.717, 1.165) is 23.7 Å². The van der Waals surface area contributed by atoms with Crippen LogP contribution in [0.2, 0.25) is 0 Å². The van der Waals surface area contributed by atoms with Crippen molar-refractivity contribution >= 4 is 0 Å².